The first-order valence-electron chi connectivity index (χ1n) is 7.18. The molecule has 1 aliphatic rings. The van der Waals surface area contributed by atoms with Gasteiger partial charge in [-0.2, -0.15) is 0 Å². The largest absolute Gasteiger partial charge is 0.456 e. The van der Waals surface area contributed by atoms with Crippen molar-refractivity contribution >= 4 is 17.8 Å². The van der Waals surface area contributed by atoms with E-state index in [1.165, 1.54) is 23.1 Å². The van der Waals surface area contributed by atoms with Crippen LogP contribution >= 0.6 is 0 Å². The fraction of sp³-hybridized carbons (Fsp3) is 0.471. The van der Waals surface area contributed by atoms with Gasteiger partial charge in [-0.3, -0.25) is 14.5 Å². The van der Waals surface area contributed by atoms with Gasteiger partial charge in [-0.1, -0.05) is 0 Å². The van der Waals surface area contributed by atoms with E-state index < -0.39 is 17.1 Å². The minimum Gasteiger partial charge on any atom is -0.456 e. The van der Waals surface area contributed by atoms with Crippen LogP contribution in [0.2, 0.25) is 0 Å². The third-order valence-corrected chi connectivity index (χ3v) is 3.19. The molecule has 1 aromatic carbocycles. The highest BCUT2D eigenvalue weighted by Gasteiger charge is 2.42. The summed E-state index contributed by atoms with van der Waals surface area (Å²) in [7, 11) is 0. The van der Waals surface area contributed by atoms with Gasteiger partial charge in [0.2, 0.25) is 0 Å². The molecule has 0 aliphatic carbocycles. The minimum absolute atomic E-state index is 0.253. The maximum Gasteiger partial charge on any atom is 0.338 e. The number of hydrogen-bond donors (Lipinski definition) is 0. The standard InChI is InChI=1S/C17H21NO4/c1-16(2,3)18-13(19)11-8-7-10(9-12(11)14(18)20)15(21)22-17(4,5)6/h7-9H,1-6H3. The smallest absolute Gasteiger partial charge is 0.338 e. The lowest BCUT2D eigenvalue weighted by Crippen LogP contribution is -2.45. The molecule has 5 heteroatoms. The molecule has 1 aliphatic heterocycles. The van der Waals surface area contributed by atoms with Crippen molar-refractivity contribution in [1.29, 1.82) is 0 Å². The van der Waals surface area contributed by atoms with Gasteiger partial charge in [0.25, 0.3) is 11.8 Å². The normalized spacial score (nSPS) is 15.1. The number of carbonyl (C=O) groups excluding carboxylic acids is 3. The van der Waals surface area contributed by atoms with Crippen molar-refractivity contribution in [2.75, 3.05) is 0 Å². The van der Waals surface area contributed by atoms with Crippen LogP contribution in [0.3, 0.4) is 0 Å². The van der Waals surface area contributed by atoms with E-state index in [4.69, 9.17) is 4.74 Å². The molecule has 0 spiro atoms. The number of hydrogen-bond acceptors (Lipinski definition) is 4. The summed E-state index contributed by atoms with van der Waals surface area (Å²) < 4.78 is 5.29. The summed E-state index contributed by atoms with van der Waals surface area (Å²) in [6, 6.07) is 4.47. The van der Waals surface area contributed by atoms with Gasteiger partial charge < -0.3 is 4.74 Å². The highest BCUT2D eigenvalue weighted by Crippen LogP contribution is 2.30. The van der Waals surface area contributed by atoms with E-state index in [1.807, 2.05) is 0 Å². The Balaban J connectivity index is 2.40. The second-order valence-corrected chi connectivity index (χ2v) is 7.38. The van der Waals surface area contributed by atoms with Crippen LogP contribution in [0.1, 0.15) is 72.6 Å². The Morgan fingerprint density at radius 3 is 2.00 bits per heavy atom. The molecule has 0 N–H and O–H groups in total. The molecular weight excluding hydrogens is 282 g/mol. The van der Waals surface area contributed by atoms with Gasteiger partial charge in [-0.25, -0.2) is 4.79 Å². The summed E-state index contributed by atoms with van der Waals surface area (Å²) in [6.07, 6.45) is 0. The lowest BCUT2D eigenvalue weighted by Gasteiger charge is -2.29. The molecule has 2 amide bonds. The first-order valence-corrected chi connectivity index (χ1v) is 7.18. The molecule has 118 valence electrons. The van der Waals surface area contributed by atoms with Gasteiger partial charge in [0.15, 0.2) is 0 Å². The Labute approximate surface area is 130 Å². The van der Waals surface area contributed by atoms with Crippen LogP contribution in [0, 0.1) is 0 Å². The van der Waals surface area contributed by atoms with Gasteiger partial charge >= 0.3 is 5.97 Å². The third-order valence-electron chi connectivity index (χ3n) is 3.19. The van der Waals surface area contributed by atoms with E-state index in [9.17, 15) is 14.4 Å². The number of fused-ring (bicyclic) bond motifs is 1. The van der Waals surface area contributed by atoms with Crippen molar-refractivity contribution < 1.29 is 19.1 Å². The molecule has 0 atom stereocenters. The molecule has 5 nitrogen and oxygen atoms in total. The van der Waals surface area contributed by atoms with E-state index in [2.05, 4.69) is 0 Å². The second-order valence-electron chi connectivity index (χ2n) is 7.38. The molecule has 1 aromatic rings. The van der Waals surface area contributed by atoms with Crippen LogP contribution in [0.5, 0.6) is 0 Å². The predicted molar refractivity (Wildman–Crippen MR) is 81.9 cm³/mol. The second kappa shape index (κ2) is 4.93. The van der Waals surface area contributed by atoms with Crippen LogP contribution in [0.25, 0.3) is 0 Å². The molecule has 2 rings (SSSR count). The Bertz CT molecular complexity index is 662. The zero-order valence-corrected chi connectivity index (χ0v) is 13.8. The Morgan fingerprint density at radius 2 is 1.50 bits per heavy atom. The molecular formula is C17H21NO4. The van der Waals surface area contributed by atoms with Crippen LogP contribution in [0.4, 0.5) is 0 Å². The van der Waals surface area contributed by atoms with Gasteiger partial charge in [-0.05, 0) is 59.7 Å². The molecule has 22 heavy (non-hydrogen) atoms. The van der Waals surface area contributed by atoms with Crippen molar-refractivity contribution in [3.8, 4) is 0 Å². The maximum absolute atomic E-state index is 12.5. The van der Waals surface area contributed by atoms with Gasteiger partial charge in [0.05, 0.1) is 16.7 Å². The van der Waals surface area contributed by atoms with Crippen LogP contribution in [0.15, 0.2) is 18.2 Å². The van der Waals surface area contributed by atoms with E-state index >= 15 is 0 Å². The topological polar surface area (TPSA) is 63.7 Å². The first-order chi connectivity index (χ1) is 9.92. The molecule has 0 bridgehead atoms. The Hall–Kier alpha value is -2.17. The van der Waals surface area contributed by atoms with Gasteiger partial charge in [-0.15, -0.1) is 0 Å². The number of ether oxygens (including phenoxy) is 1. The lowest BCUT2D eigenvalue weighted by atomic mass is 10.1. The van der Waals surface area contributed by atoms with Crippen LogP contribution in [-0.4, -0.2) is 33.8 Å². The molecule has 0 unspecified atom stereocenters. The average Bonchev–Trinajstić information content (AvgIpc) is 2.58. The van der Waals surface area contributed by atoms with E-state index in [-0.39, 0.29) is 22.9 Å². The van der Waals surface area contributed by atoms with Gasteiger partial charge in [0, 0.05) is 5.54 Å². The lowest BCUT2D eigenvalue weighted by molar-refractivity contribution is 0.00692. The zero-order chi connectivity index (χ0) is 16.9. The van der Waals surface area contributed by atoms with E-state index in [0.29, 0.717) is 5.56 Å². The van der Waals surface area contributed by atoms with E-state index in [1.54, 1.807) is 41.5 Å². The van der Waals surface area contributed by atoms with Crippen LogP contribution in [-0.2, 0) is 4.74 Å². The van der Waals surface area contributed by atoms with Crippen LogP contribution < -0.4 is 0 Å². The number of benzene rings is 1. The first kappa shape index (κ1) is 16.2. The molecule has 0 radical (unpaired) electrons. The Kier molecular flexibility index (Phi) is 3.63. The number of rotatable bonds is 1. The fourth-order valence-electron chi connectivity index (χ4n) is 2.31. The molecule has 0 saturated carbocycles. The number of esters is 1. The summed E-state index contributed by atoms with van der Waals surface area (Å²) in [5.41, 5.74) is -0.381. The summed E-state index contributed by atoms with van der Waals surface area (Å²) in [6.45, 7) is 10.7. The minimum atomic E-state index is -0.618. The number of nitrogens with zero attached hydrogens (tertiary/aromatic N) is 1. The van der Waals surface area contributed by atoms with Crippen molar-refractivity contribution in [3.05, 3.63) is 34.9 Å². The molecule has 0 fully saturated rings. The van der Waals surface area contributed by atoms with Crippen molar-refractivity contribution in [2.24, 2.45) is 0 Å². The van der Waals surface area contributed by atoms with E-state index in [0.717, 1.165) is 0 Å². The summed E-state index contributed by atoms with van der Waals surface area (Å²) in [5.74, 6) is -1.22. The monoisotopic (exact) mass is 303 g/mol. The number of amides is 2. The fourth-order valence-corrected chi connectivity index (χ4v) is 2.31. The quantitative estimate of drug-likeness (QED) is 0.591. The van der Waals surface area contributed by atoms with Crippen molar-refractivity contribution in [3.63, 3.8) is 0 Å². The molecule has 1 heterocycles. The number of carbonyl (C=O) groups is 3. The highest BCUT2D eigenvalue weighted by atomic mass is 16.6. The average molecular weight is 303 g/mol. The molecule has 0 aromatic heterocycles. The maximum atomic E-state index is 12.5. The predicted octanol–water partition coefficient (Wildman–Crippen LogP) is 3.04. The third kappa shape index (κ3) is 2.89. The summed E-state index contributed by atoms with van der Waals surface area (Å²) in [5, 5.41) is 0. The Morgan fingerprint density at radius 1 is 0.955 bits per heavy atom. The number of imide groups is 1. The zero-order valence-electron chi connectivity index (χ0n) is 13.8. The summed E-state index contributed by atoms with van der Waals surface area (Å²) >= 11 is 0. The SMILES string of the molecule is CC(C)(C)OC(=O)c1ccc2c(c1)C(=O)N(C(C)(C)C)C2=O. The van der Waals surface area contributed by atoms with Crippen molar-refractivity contribution in [2.45, 2.75) is 52.7 Å². The molecule has 0 saturated heterocycles. The summed E-state index contributed by atoms with van der Waals surface area (Å²) in [4.78, 5) is 38.1. The highest BCUT2D eigenvalue weighted by molar-refractivity contribution is 6.22. The van der Waals surface area contributed by atoms with Crippen molar-refractivity contribution in [1.82, 2.24) is 4.90 Å². The van der Waals surface area contributed by atoms with Gasteiger partial charge in [0.1, 0.15) is 5.60 Å².